The standard InChI is InChI=1S/C22H19ClN4.C20H16ClFN4O.2C20H17ClN4O/c23-19-18-20(15-9-3-1-4-10-15)26-27(17-13-7-8-14-17)22(18)25-24-21(19)16-11-5-2-6-12-16;1-12-9-14(11-15(22)10-12)18-16-17(21)19(13-5-3-2-4-6-13)23-24-20(16)26(25-18)7-8-27;1-13(12-26)25-20-16(18(24-25)14-8-4-2-5-9-14)17(21)19(22-23-20)15-10-6-3-7-11-15;1-13-6-5-9-15(12-13)18-16-17(21)19(14-7-3-2-4-8-14)22-23-20(16)25(24-18)10-11-26/h1-6,9-12,17H,7-8,13-14H2;2-6,9-11,27H,7-8H2,1H3;2-11,13,26H,12H2,1H3;2-9,12,26H,10-11H2,1H3. The van der Waals surface area contributed by atoms with Gasteiger partial charge in [-0.1, -0.05) is 265 Å². The molecule has 19 nitrogen and oxygen atoms in total. The highest BCUT2D eigenvalue weighted by Gasteiger charge is 2.29. The van der Waals surface area contributed by atoms with Crippen molar-refractivity contribution in [3.05, 3.63) is 261 Å². The summed E-state index contributed by atoms with van der Waals surface area (Å²) < 4.78 is 20.9. The van der Waals surface area contributed by atoms with E-state index in [1.54, 1.807) is 14.0 Å². The summed E-state index contributed by atoms with van der Waals surface area (Å²) in [6.07, 6.45) is 4.72. The van der Waals surface area contributed by atoms with Gasteiger partial charge in [-0.2, -0.15) is 20.4 Å². The molecule has 0 saturated heterocycles. The molecule has 8 aromatic carbocycles. The van der Waals surface area contributed by atoms with Crippen LogP contribution in [0.3, 0.4) is 0 Å². The predicted octanol–water partition coefficient (Wildman–Crippen LogP) is 18.7. The van der Waals surface area contributed by atoms with Crippen LogP contribution in [0.1, 0.15) is 55.8 Å². The minimum absolute atomic E-state index is 0.0379. The lowest BCUT2D eigenvalue weighted by Crippen LogP contribution is -2.11. The average molecular weight is 1490 g/mol. The second-order valence-corrected chi connectivity index (χ2v) is 27.0. The number of hydrogen-bond acceptors (Lipinski definition) is 15. The molecule has 0 aliphatic heterocycles. The van der Waals surface area contributed by atoms with Gasteiger partial charge in [0.2, 0.25) is 0 Å². The number of aromatic nitrogens is 16. The van der Waals surface area contributed by atoms with Crippen LogP contribution in [0.25, 0.3) is 134 Å². The second-order valence-electron chi connectivity index (χ2n) is 25.5. The number of nitrogens with zero attached hydrogens (tertiary/aromatic N) is 16. The average Bonchev–Trinajstić information content (AvgIpc) is 1.62. The highest BCUT2D eigenvalue weighted by Crippen LogP contribution is 2.44. The Balaban J connectivity index is 0.000000119. The maximum absolute atomic E-state index is 14.0. The fourth-order valence-corrected chi connectivity index (χ4v) is 14.4. The van der Waals surface area contributed by atoms with E-state index in [-0.39, 0.29) is 38.2 Å². The Hall–Kier alpha value is -11.1. The molecule has 8 aromatic heterocycles. The number of halogens is 5. The molecule has 1 aliphatic carbocycles. The van der Waals surface area contributed by atoms with Crippen molar-refractivity contribution in [2.24, 2.45) is 0 Å². The van der Waals surface area contributed by atoms with Gasteiger partial charge in [0.25, 0.3) is 0 Å². The van der Waals surface area contributed by atoms with Crippen molar-refractivity contribution in [3.8, 4) is 90.1 Å². The number of fused-ring (bicyclic) bond motifs is 4. The van der Waals surface area contributed by atoms with Crippen LogP contribution in [0.2, 0.25) is 20.1 Å². The number of aliphatic hydroxyl groups excluding tert-OH is 3. The fraction of sp³-hybridized carbons (Fsp3) is 0.171. The van der Waals surface area contributed by atoms with Crippen molar-refractivity contribution in [1.82, 2.24) is 79.9 Å². The SMILES string of the molecule is CC(CO)n1nc(-c2ccccc2)c2c(Cl)c(-c3ccccc3)nnc21.Cc1cc(F)cc(-c2nn(CCO)c3nnc(-c4ccccc4)c(Cl)c23)c1.Cc1cccc(-c2nn(CCO)c3nnc(-c4ccccc4)c(Cl)c23)c1.Clc1c(-c2ccccc2)nnc2c1c(-c1ccccc1)nn2C1CCCC1. The van der Waals surface area contributed by atoms with Gasteiger partial charge in [-0.15, -0.1) is 40.8 Å². The van der Waals surface area contributed by atoms with E-state index >= 15 is 0 Å². The summed E-state index contributed by atoms with van der Waals surface area (Å²) in [5.41, 5.74) is 16.8. The zero-order chi connectivity index (χ0) is 73.4. The predicted molar refractivity (Wildman–Crippen MR) is 418 cm³/mol. The third kappa shape index (κ3) is 14.9. The van der Waals surface area contributed by atoms with Gasteiger partial charge in [-0.05, 0) is 63.4 Å². The number of benzene rings is 8. The summed E-state index contributed by atoms with van der Waals surface area (Å²) in [5, 5.41) is 87.2. The molecule has 530 valence electrons. The quantitative estimate of drug-likeness (QED) is 0.0866. The molecular formula is C82H69Cl4FN16O3. The van der Waals surface area contributed by atoms with Gasteiger partial charge in [0.1, 0.15) is 51.4 Å². The molecule has 1 aliphatic rings. The largest absolute Gasteiger partial charge is 0.394 e. The number of aliphatic hydroxyl groups is 3. The van der Waals surface area contributed by atoms with Crippen LogP contribution in [0.5, 0.6) is 0 Å². The Morgan fingerprint density at radius 2 is 0.708 bits per heavy atom. The highest BCUT2D eigenvalue weighted by atomic mass is 35.5. The van der Waals surface area contributed by atoms with Crippen molar-refractivity contribution in [3.63, 3.8) is 0 Å². The zero-order valence-corrected chi connectivity index (χ0v) is 60.8. The van der Waals surface area contributed by atoms with Gasteiger partial charge in [0, 0.05) is 44.5 Å². The van der Waals surface area contributed by atoms with E-state index in [9.17, 15) is 19.7 Å². The Bertz CT molecular complexity index is 5730. The van der Waals surface area contributed by atoms with E-state index in [0.29, 0.717) is 89.0 Å². The van der Waals surface area contributed by atoms with E-state index in [0.717, 1.165) is 102 Å². The lowest BCUT2D eigenvalue weighted by Gasteiger charge is -2.10. The molecule has 17 rings (SSSR count). The van der Waals surface area contributed by atoms with E-state index in [2.05, 4.69) is 73.9 Å². The van der Waals surface area contributed by atoms with Crippen LogP contribution in [-0.4, -0.2) is 115 Å². The first-order chi connectivity index (χ1) is 51.8. The van der Waals surface area contributed by atoms with Crippen LogP contribution in [0.4, 0.5) is 4.39 Å². The Kier molecular flexibility index (Phi) is 22.1. The lowest BCUT2D eigenvalue weighted by molar-refractivity contribution is 0.232. The van der Waals surface area contributed by atoms with Crippen LogP contribution >= 0.6 is 46.4 Å². The van der Waals surface area contributed by atoms with Crippen LogP contribution in [0.15, 0.2) is 224 Å². The molecule has 106 heavy (non-hydrogen) atoms. The Morgan fingerprint density at radius 1 is 0.368 bits per heavy atom. The molecule has 16 aromatic rings. The first-order valence-electron chi connectivity index (χ1n) is 34.5. The van der Waals surface area contributed by atoms with E-state index in [4.69, 9.17) is 56.6 Å². The van der Waals surface area contributed by atoms with Gasteiger partial charge in [-0.3, -0.25) is 0 Å². The molecule has 1 saturated carbocycles. The second kappa shape index (κ2) is 32.5. The van der Waals surface area contributed by atoms with Gasteiger partial charge >= 0.3 is 0 Å². The summed E-state index contributed by atoms with van der Waals surface area (Å²) in [5.74, 6) is -0.351. The van der Waals surface area contributed by atoms with Crippen LogP contribution in [-0.2, 0) is 13.1 Å². The maximum atomic E-state index is 14.0. The van der Waals surface area contributed by atoms with Gasteiger partial charge in [-0.25, -0.2) is 23.1 Å². The van der Waals surface area contributed by atoms with Crippen molar-refractivity contribution in [1.29, 1.82) is 0 Å². The van der Waals surface area contributed by atoms with Crippen LogP contribution in [0, 0.1) is 19.7 Å². The molecule has 24 heteroatoms. The molecule has 1 atom stereocenters. The Morgan fingerprint density at radius 3 is 1.10 bits per heavy atom. The van der Waals surface area contributed by atoms with E-state index < -0.39 is 0 Å². The number of rotatable bonds is 15. The lowest BCUT2D eigenvalue weighted by atomic mass is 10.0. The van der Waals surface area contributed by atoms with Crippen molar-refractivity contribution < 1.29 is 19.7 Å². The minimum Gasteiger partial charge on any atom is -0.394 e. The summed E-state index contributed by atoms with van der Waals surface area (Å²) in [6.45, 7) is 6.09. The summed E-state index contributed by atoms with van der Waals surface area (Å²) >= 11 is 27.1. The molecule has 1 fully saturated rings. The third-order valence-electron chi connectivity index (χ3n) is 18.2. The molecule has 1 unspecified atom stereocenters. The topological polar surface area (TPSA) is 235 Å². The maximum Gasteiger partial charge on any atom is 0.182 e. The van der Waals surface area contributed by atoms with Gasteiger partial charge < -0.3 is 15.3 Å². The normalized spacial score (nSPS) is 12.4. The summed E-state index contributed by atoms with van der Waals surface area (Å²) in [6, 6.07) is 71.8. The molecular weight excluding hydrogens is 1420 g/mol. The molecule has 0 amide bonds. The summed E-state index contributed by atoms with van der Waals surface area (Å²) in [4.78, 5) is 0. The van der Waals surface area contributed by atoms with Crippen molar-refractivity contribution in [2.75, 3.05) is 19.8 Å². The molecule has 0 spiro atoms. The van der Waals surface area contributed by atoms with Crippen molar-refractivity contribution in [2.45, 2.75) is 71.6 Å². The molecule has 0 bridgehead atoms. The smallest absolute Gasteiger partial charge is 0.182 e. The Labute approximate surface area is 629 Å². The molecule has 8 heterocycles. The first-order valence-corrected chi connectivity index (χ1v) is 36.1. The number of hydrogen-bond donors (Lipinski definition) is 3. The van der Waals surface area contributed by atoms with Gasteiger partial charge in [0.15, 0.2) is 22.6 Å². The zero-order valence-electron chi connectivity index (χ0n) is 57.8. The van der Waals surface area contributed by atoms with Crippen molar-refractivity contribution >= 4 is 90.5 Å². The van der Waals surface area contributed by atoms with E-state index in [1.807, 2.05) is 215 Å². The van der Waals surface area contributed by atoms with Gasteiger partial charge in [0.05, 0.1) is 86.6 Å². The van der Waals surface area contributed by atoms with Crippen LogP contribution < -0.4 is 0 Å². The molecule has 0 radical (unpaired) electrons. The number of aryl methyl sites for hydroxylation is 2. The highest BCUT2D eigenvalue weighted by molar-refractivity contribution is 6.40. The first kappa shape index (κ1) is 71.9. The minimum atomic E-state index is -0.351. The monoisotopic (exact) mass is 1480 g/mol. The third-order valence-corrected chi connectivity index (χ3v) is 19.6. The molecule has 3 N–H and O–H groups in total. The van der Waals surface area contributed by atoms with E-state index in [1.165, 1.54) is 25.0 Å². The summed E-state index contributed by atoms with van der Waals surface area (Å²) in [7, 11) is 0. The fourth-order valence-electron chi connectivity index (χ4n) is 13.1.